The number of carbonyl (C=O) groups is 2. The van der Waals surface area contributed by atoms with E-state index in [9.17, 15) is 9.59 Å². The molecule has 148 valence electrons. The Bertz CT molecular complexity index is 631. The van der Waals surface area contributed by atoms with Crippen molar-refractivity contribution in [3.8, 4) is 0 Å². The average Bonchev–Trinajstić information content (AvgIpc) is 2.69. The molecule has 0 spiro atoms. The van der Waals surface area contributed by atoms with Crippen molar-refractivity contribution in [1.29, 1.82) is 0 Å². The number of piperidine rings is 1. The summed E-state index contributed by atoms with van der Waals surface area (Å²) in [6.45, 7) is 6.75. The van der Waals surface area contributed by atoms with Crippen LogP contribution in [-0.4, -0.2) is 77.3 Å². The molecule has 0 aromatic heterocycles. The van der Waals surface area contributed by atoms with E-state index in [1.807, 2.05) is 30.3 Å². The van der Waals surface area contributed by atoms with Gasteiger partial charge in [-0.05, 0) is 31.2 Å². The molecule has 3 rings (SSSR count). The van der Waals surface area contributed by atoms with Crippen molar-refractivity contribution in [3.63, 3.8) is 0 Å². The van der Waals surface area contributed by atoms with Crippen molar-refractivity contribution in [2.45, 2.75) is 32.4 Å². The van der Waals surface area contributed by atoms with Gasteiger partial charge in [-0.25, -0.2) is 9.59 Å². The molecule has 1 atom stereocenters. The van der Waals surface area contributed by atoms with Gasteiger partial charge in [-0.3, -0.25) is 4.90 Å². The van der Waals surface area contributed by atoms with Crippen LogP contribution in [0.15, 0.2) is 30.3 Å². The number of likely N-dealkylation sites (tertiary alicyclic amines) is 1. The fraction of sp³-hybridized carbons (Fsp3) is 0.600. The number of amides is 2. The summed E-state index contributed by atoms with van der Waals surface area (Å²) in [6.07, 6.45) is 0.864. The predicted octanol–water partition coefficient (Wildman–Crippen LogP) is 2.72. The zero-order valence-electron chi connectivity index (χ0n) is 15.9. The van der Waals surface area contributed by atoms with Gasteiger partial charge in [0, 0.05) is 45.3 Å². The minimum Gasteiger partial charge on any atom is -0.465 e. The van der Waals surface area contributed by atoms with E-state index < -0.39 is 6.09 Å². The van der Waals surface area contributed by atoms with Gasteiger partial charge < -0.3 is 19.6 Å². The second kappa shape index (κ2) is 9.08. The summed E-state index contributed by atoms with van der Waals surface area (Å²) in [4.78, 5) is 29.0. The molecular formula is C20H29N3O4. The fourth-order valence-electron chi connectivity index (χ4n) is 3.88. The molecule has 1 unspecified atom stereocenters. The Balaban J connectivity index is 1.38. The van der Waals surface area contributed by atoms with Gasteiger partial charge in [-0.15, -0.1) is 0 Å². The van der Waals surface area contributed by atoms with E-state index in [1.54, 1.807) is 4.90 Å². The highest BCUT2D eigenvalue weighted by Crippen LogP contribution is 2.21. The first-order valence-corrected chi connectivity index (χ1v) is 9.70. The first-order valence-electron chi connectivity index (χ1n) is 9.70. The van der Waals surface area contributed by atoms with E-state index in [-0.39, 0.29) is 12.1 Å². The third-order valence-corrected chi connectivity index (χ3v) is 5.61. The van der Waals surface area contributed by atoms with Gasteiger partial charge in [-0.2, -0.15) is 0 Å². The van der Waals surface area contributed by atoms with Gasteiger partial charge in [-0.1, -0.05) is 30.3 Å². The van der Waals surface area contributed by atoms with Crippen molar-refractivity contribution < 1.29 is 19.4 Å². The van der Waals surface area contributed by atoms with Gasteiger partial charge in [0.25, 0.3) is 0 Å². The van der Waals surface area contributed by atoms with Crippen LogP contribution >= 0.6 is 0 Å². The van der Waals surface area contributed by atoms with E-state index >= 15 is 0 Å². The van der Waals surface area contributed by atoms with E-state index in [0.29, 0.717) is 25.6 Å². The van der Waals surface area contributed by atoms with E-state index in [2.05, 4.69) is 11.8 Å². The first kappa shape index (κ1) is 19.5. The molecule has 0 radical (unpaired) electrons. The summed E-state index contributed by atoms with van der Waals surface area (Å²) >= 11 is 0. The summed E-state index contributed by atoms with van der Waals surface area (Å²) in [7, 11) is 0. The Morgan fingerprint density at radius 2 is 1.78 bits per heavy atom. The number of hydrogen-bond donors (Lipinski definition) is 1. The molecule has 0 aliphatic carbocycles. The predicted molar refractivity (Wildman–Crippen MR) is 102 cm³/mol. The molecule has 1 N–H and O–H groups in total. The normalized spacial score (nSPS) is 21.9. The monoisotopic (exact) mass is 375 g/mol. The smallest absolute Gasteiger partial charge is 0.410 e. The van der Waals surface area contributed by atoms with Crippen molar-refractivity contribution in [2.24, 2.45) is 5.92 Å². The molecule has 7 heteroatoms. The van der Waals surface area contributed by atoms with Crippen LogP contribution in [0, 0.1) is 5.92 Å². The second-order valence-corrected chi connectivity index (χ2v) is 7.54. The van der Waals surface area contributed by atoms with Crippen LogP contribution in [0.5, 0.6) is 0 Å². The van der Waals surface area contributed by atoms with Crippen LogP contribution in [0.3, 0.4) is 0 Å². The molecule has 2 aliphatic heterocycles. The van der Waals surface area contributed by atoms with Gasteiger partial charge in [0.1, 0.15) is 6.61 Å². The Morgan fingerprint density at radius 1 is 1.07 bits per heavy atom. The van der Waals surface area contributed by atoms with Gasteiger partial charge >= 0.3 is 12.2 Å². The lowest BCUT2D eigenvalue weighted by Gasteiger charge is -2.41. The highest BCUT2D eigenvalue weighted by molar-refractivity contribution is 5.67. The maximum Gasteiger partial charge on any atom is 0.410 e. The fourth-order valence-corrected chi connectivity index (χ4v) is 3.88. The lowest BCUT2D eigenvalue weighted by molar-refractivity contribution is 0.0501. The molecule has 2 heterocycles. The zero-order chi connectivity index (χ0) is 19.2. The SMILES string of the molecule is CC1CN(C(=O)O)CCN1CC1CCN(C(=O)OCc2ccccc2)CC1. The minimum atomic E-state index is -0.830. The standard InChI is InChI=1S/C20H29N3O4/c1-16-13-23(19(24)25)12-11-22(16)14-17-7-9-21(10-8-17)20(26)27-15-18-5-3-2-4-6-18/h2-6,16-17H,7-15H2,1H3,(H,24,25). The Hall–Kier alpha value is -2.28. The maximum atomic E-state index is 12.3. The summed E-state index contributed by atoms with van der Waals surface area (Å²) in [5.41, 5.74) is 0.996. The molecule has 2 aliphatic rings. The van der Waals surface area contributed by atoms with E-state index in [4.69, 9.17) is 9.84 Å². The van der Waals surface area contributed by atoms with Crippen LogP contribution in [0.1, 0.15) is 25.3 Å². The number of hydrogen-bond acceptors (Lipinski definition) is 4. The molecular weight excluding hydrogens is 346 g/mol. The third-order valence-electron chi connectivity index (χ3n) is 5.61. The van der Waals surface area contributed by atoms with Crippen molar-refractivity contribution in [1.82, 2.24) is 14.7 Å². The summed E-state index contributed by atoms with van der Waals surface area (Å²) in [5, 5.41) is 9.12. The van der Waals surface area contributed by atoms with Crippen LogP contribution in [0.2, 0.25) is 0 Å². The quantitative estimate of drug-likeness (QED) is 0.876. The number of carboxylic acid groups (broad SMARTS) is 1. The highest BCUT2D eigenvalue weighted by Gasteiger charge is 2.30. The number of piperazine rings is 1. The summed E-state index contributed by atoms with van der Waals surface area (Å²) < 4.78 is 5.42. The van der Waals surface area contributed by atoms with Gasteiger partial charge in [0.15, 0.2) is 0 Å². The highest BCUT2D eigenvalue weighted by atomic mass is 16.6. The first-order chi connectivity index (χ1) is 13.0. The zero-order valence-corrected chi connectivity index (χ0v) is 15.9. The van der Waals surface area contributed by atoms with Crippen LogP contribution in [0.4, 0.5) is 9.59 Å². The summed E-state index contributed by atoms with van der Waals surface area (Å²) in [6, 6.07) is 9.95. The number of rotatable bonds is 4. The lowest BCUT2D eigenvalue weighted by atomic mass is 9.95. The van der Waals surface area contributed by atoms with Crippen molar-refractivity contribution in [2.75, 3.05) is 39.3 Å². The average molecular weight is 375 g/mol. The lowest BCUT2D eigenvalue weighted by Crippen LogP contribution is -2.54. The molecule has 27 heavy (non-hydrogen) atoms. The van der Waals surface area contributed by atoms with Gasteiger partial charge in [0.05, 0.1) is 0 Å². The van der Waals surface area contributed by atoms with Crippen molar-refractivity contribution >= 4 is 12.2 Å². The third kappa shape index (κ3) is 5.35. The molecule has 2 saturated heterocycles. The van der Waals surface area contributed by atoms with Crippen LogP contribution < -0.4 is 0 Å². The number of benzene rings is 1. The Morgan fingerprint density at radius 3 is 2.41 bits per heavy atom. The second-order valence-electron chi connectivity index (χ2n) is 7.54. The molecule has 0 bridgehead atoms. The summed E-state index contributed by atoms with van der Waals surface area (Å²) in [5.74, 6) is 0.544. The largest absolute Gasteiger partial charge is 0.465 e. The molecule has 2 amide bonds. The van der Waals surface area contributed by atoms with E-state index in [0.717, 1.165) is 44.6 Å². The molecule has 7 nitrogen and oxygen atoms in total. The Kier molecular flexibility index (Phi) is 6.55. The molecule has 1 aromatic carbocycles. The minimum absolute atomic E-state index is 0.235. The van der Waals surface area contributed by atoms with Crippen LogP contribution in [-0.2, 0) is 11.3 Å². The van der Waals surface area contributed by atoms with E-state index in [1.165, 1.54) is 4.90 Å². The topological polar surface area (TPSA) is 73.3 Å². The molecule has 2 fully saturated rings. The number of nitrogens with zero attached hydrogens (tertiary/aromatic N) is 3. The number of carbonyl (C=O) groups excluding carboxylic acids is 1. The van der Waals surface area contributed by atoms with Gasteiger partial charge in [0.2, 0.25) is 0 Å². The Labute approximate surface area is 160 Å². The maximum absolute atomic E-state index is 12.3. The van der Waals surface area contributed by atoms with Crippen molar-refractivity contribution in [3.05, 3.63) is 35.9 Å². The number of ether oxygens (including phenoxy) is 1. The molecule has 0 saturated carbocycles. The van der Waals surface area contributed by atoms with Crippen LogP contribution in [0.25, 0.3) is 0 Å². The molecule has 1 aromatic rings.